The van der Waals surface area contributed by atoms with Gasteiger partial charge in [-0.05, 0) is 31.1 Å². The molecular weight excluding hydrogens is 244 g/mol. The van der Waals surface area contributed by atoms with E-state index < -0.39 is 0 Å². The van der Waals surface area contributed by atoms with Crippen LogP contribution < -0.4 is 5.32 Å². The van der Waals surface area contributed by atoms with Crippen molar-refractivity contribution in [3.05, 3.63) is 0 Å². The first-order valence-electron chi connectivity index (χ1n) is 7.22. The maximum atomic E-state index is 11.3. The van der Waals surface area contributed by atoms with E-state index in [1.165, 1.54) is 7.11 Å². The standard InChI is InChI=1S/C14H28N2O3/c1-11(2)8-16-9-12(5-4-6-17)7-13(10-16)15-14(18)19-3/h11-13,17H,4-10H2,1-3H3,(H,15,18). The summed E-state index contributed by atoms with van der Waals surface area (Å²) in [6.45, 7) is 7.67. The Labute approximate surface area is 116 Å². The average molecular weight is 272 g/mol. The van der Waals surface area contributed by atoms with E-state index in [2.05, 4.69) is 28.8 Å². The number of likely N-dealkylation sites (tertiary alicyclic amines) is 1. The Morgan fingerprint density at radius 2 is 2.21 bits per heavy atom. The predicted octanol–water partition coefficient (Wildman–Crippen LogP) is 1.46. The summed E-state index contributed by atoms with van der Waals surface area (Å²) < 4.78 is 4.68. The second-order valence-corrected chi connectivity index (χ2v) is 5.91. The van der Waals surface area contributed by atoms with Crippen LogP contribution in [0.15, 0.2) is 0 Å². The molecule has 1 saturated heterocycles. The first-order valence-corrected chi connectivity index (χ1v) is 7.22. The minimum atomic E-state index is -0.350. The second-order valence-electron chi connectivity index (χ2n) is 5.91. The lowest BCUT2D eigenvalue weighted by atomic mass is 9.90. The van der Waals surface area contributed by atoms with E-state index in [4.69, 9.17) is 5.11 Å². The number of aliphatic hydroxyl groups excluding tert-OH is 1. The molecule has 2 unspecified atom stereocenters. The molecule has 0 aromatic rings. The fraction of sp³-hybridized carbons (Fsp3) is 0.929. The number of piperidine rings is 1. The van der Waals surface area contributed by atoms with Gasteiger partial charge >= 0.3 is 6.09 Å². The van der Waals surface area contributed by atoms with Gasteiger partial charge in [0.25, 0.3) is 0 Å². The third-order valence-corrected chi connectivity index (χ3v) is 3.51. The highest BCUT2D eigenvalue weighted by Gasteiger charge is 2.28. The number of nitrogens with one attached hydrogen (secondary N) is 1. The molecule has 1 aliphatic rings. The highest BCUT2D eigenvalue weighted by atomic mass is 16.5. The number of aliphatic hydroxyl groups is 1. The SMILES string of the molecule is COC(=O)NC1CC(CCCO)CN(CC(C)C)C1. The number of hydrogen-bond donors (Lipinski definition) is 2. The Kier molecular flexibility index (Phi) is 7.16. The van der Waals surface area contributed by atoms with Crippen LogP contribution in [-0.4, -0.2) is 55.5 Å². The van der Waals surface area contributed by atoms with Crippen LogP contribution in [0.25, 0.3) is 0 Å². The zero-order chi connectivity index (χ0) is 14.3. The minimum absolute atomic E-state index is 0.156. The Balaban J connectivity index is 2.52. The van der Waals surface area contributed by atoms with Gasteiger partial charge in [-0.15, -0.1) is 0 Å². The first-order chi connectivity index (χ1) is 9.05. The number of nitrogens with zero attached hydrogens (tertiary/aromatic N) is 1. The van der Waals surface area contributed by atoms with Gasteiger partial charge in [-0.2, -0.15) is 0 Å². The lowest BCUT2D eigenvalue weighted by molar-refractivity contribution is 0.109. The second kappa shape index (κ2) is 8.38. The molecular formula is C14H28N2O3. The average Bonchev–Trinajstić information content (AvgIpc) is 2.35. The first kappa shape index (κ1) is 16.2. The predicted molar refractivity (Wildman–Crippen MR) is 75.0 cm³/mol. The number of amides is 1. The zero-order valence-electron chi connectivity index (χ0n) is 12.4. The summed E-state index contributed by atoms with van der Waals surface area (Å²) in [5.74, 6) is 1.16. The maximum absolute atomic E-state index is 11.3. The van der Waals surface area contributed by atoms with Crippen molar-refractivity contribution in [2.24, 2.45) is 11.8 Å². The summed E-state index contributed by atoms with van der Waals surface area (Å²) in [5, 5.41) is 11.9. The van der Waals surface area contributed by atoms with E-state index in [1.54, 1.807) is 0 Å². The molecule has 1 amide bonds. The van der Waals surface area contributed by atoms with E-state index in [0.29, 0.717) is 11.8 Å². The highest BCUT2D eigenvalue weighted by Crippen LogP contribution is 2.22. The van der Waals surface area contributed by atoms with Crippen molar-refractivity contribution < 1.29 is 14.6 Å². The molecule has 0 spiro atoms. The molecule has 0 aromatic carbocycles. The third kappa shape index (κ3) is 6.25. The number of ether oxygens (including phenoxy) is 1. The number of carbonyl (C=O) groups excluding carboxylic acids is 1. The van der Waals surface area contributed by atoms with Gasteiger partial charge in [0, 0.05) is 32.3 Å². The van der Waals surface area contributed by atoms with Gasteiger partial charge in [-0.25, -0.2) is 4.79 Å². The van der Waals surface area contributed by atoms with Crippen LogP contribution in [-0.2, 0) is 4.74 Å². The minimum Gasteiger partial charge on any atom is -0.453 e. The van der Waals surface area contributed by atoms with E-state index in [9.17, 15) is 4.79 Å². The van der Waals surface area contributed by atoms with Crippen molar-refractivity contribution in [2.45, 2.75) is 39.2 Å². The van der Waals surface area contributed by atoms with E-state index >= 15 is 0 Å². The smallest absolute Gasteiger partial charge is 0.407 e. The van der Waals surface area contributed by atoms with Gasteiger partial charge in [-0.3, -0.25) is 0 Å². The molecule has 5 heteroatoms. The van der Waals surface area contributed by atoms with Crippen molar-refractivity contribution in [1.82, 2.24) is 10.2 Å². The maximum Gasteiger partial charge on any atom is 0.407 e. The van der Waals surface area contributed by atoms with E-state index in [-0.39, 0.29) is 18.7 Å². The summed E-state index contributed by atoms with van der Waals surface area (Å²) in [5.41, 5.74) is 0. The lowest BCUT2D eigenvalue weighted by Crippen LogP contribution is -2.51. The summed E-state index contributed by atoms with van der Waals surface area (Å²) >= 11 is 0. The molecule has 1 heterocycles. The summed E-state index contributed by atoms with van der Waals surface area (Å²) in [7, 11) is 1.40. The van der Waals surface area contributed by atoms with E-state index in [0.717, 1.165) is 38.9 Å². The Hall–Kier alpha value is -0.810. The van der Waals surface area contributed by atoms with Crippen LogP contribution >= 0.6 is 0 Å². The van der Waals surface area contributed by atoms with Gasteiger partial charge < -0.3 is 20.1 Å². The summed E-state index contributed by atoms with van der Waals surface area (Å²) in [4.78, 5) is 13.8. The summed E-state index contributed by atoms with van der Waals surface area (Å²) in [6, 6.07) is 0.156. The van der Waals surface area contributed by atoms with Crippen LogP contribution in [0.5, 0.6) is 0 Å². The molecule has 0 aliphatic carbocycles. The fourth-order valence-corrected chi connectivity index (χ4v) is 2.89. The number of alkyl carbamates (subject to hydrolysis) is 1. The largest absolute Gasteiger partial charge is 0.453 e. The molecule has 5 nitrogen and oxygen atoms in total. The Morgan fingerprint density at radius 1 is 1.47 bits per heavy atom. The number of rotatable bonds is 6. The van der Waals surface area contributed by atoms with Crippen molar-refractivity contribution in [3.63, 3.8) is 0 Å². The Morgan fingerprint density at radius 3 is 2.79 bits per heavy atom. The normalized spacial score (nSPS) is 24.5. The highest BCUT2D eigenvalue weighted by molar-refractivity contribution is 5.67. The van der Waals surface area contributed by atoms with Crippen molar-refractivity contribution in [3.8, 4) is 0 Å². The topological polar surface area (TPSA) is 61.8 Å². The van der Waals surface area contributed by atoms with Gasteiger partial charge in [0.2, 0.25) is 0 Å². The molecule has 2 N–H and O–H groups in total. The Bertz CT molecular complexity index is 271. The molecule has 19 heavy (non-hydrogen) atoms. The van der Waals surface area contributed by atoms with Crippen molar-refractivity contribution in [1.29, 1.82) is 0 Å². The quantitative estimate of drug-likeness (QED) is 0.768. The van der Waals surface area contributed by atoms with Gasteiger partial charge in [0.05, 0.1) is 7.11 Å². The van der Waals surface area contributed by atoms with E-state index in [1.807, 2.05) is 0 Å². The van der Waals surface area contributed by atoms with Gasteiger partial charge in [0.1, 0.15) is 0 Å². The van der Waals surface area contributed by atoms with Crippen molar-refractivity contribution >= 4 is 6.09 Å². The lowest BCUT2D eigenvalue weighted by Gasteiger charge is -2.38. The van der Waals surface area contributed by atoms with Crippen LogP contribution in [0.3, 0.4) is 0 Å². The molecule has 0 saturated carbocycles. The molecule has 112 valence electrons. The molecule has 1 rings (SSSR count). The third-order valence-electron chi connectivity index (χ3n) is 3.51. The monoisotopic (exact) mass is 272 g/mol. The molecule has 2 atom stereocenters. The fourth-order valence-electron chi connectivity index (χ4n) is 2.89. The van der Waals surface area contributed by atoms with Gasteiger partial charge in [0.15, 0.2) is 0 Å². The number of carbonyl (C=O) groups is 1. The molecule has 0 aromatic heterocycles. The van der Waals surface area contributed by atoms with Crippen LogP contribution in [0.1, 0.15) is 33.1 Å². The van der Waals surface area contributed by atoms with Crippen molar-refractivity contribution in [2.75, 3.05) is 33.4 Å². The number of methoxy groups -OCH3 is 1. The van der Waals surface area contributed by atoms with Crippen LogP contribution in [0.2, 0.25) is 0 Å². The molecule has 1 aliphatic heterocycles. The molecule has 0 radical (unpaired) electrons. The molecule has 0 bridgehead atoms. The van der Waals surface area contributed by atoms with Gasteiger partial charge in [-0.1, -0.05) is 13.8 Å². The van der Waals surface area contributed by atoms with Crippen LogP contribution in [0.4, 0.5) is 4.79 Å². The zero-order valence-corrected chi connectivity index (χ0v) is 12.4. The van der Waals surface area contributed by atoms with Crippen LogP contribution in [0, 0.1) is 11.8 Å². The molecule has 1 fully saturated rings. The number of hydrogen-bond acceptors (Lipinski definition) is 4. The summed E-state index contributed by atoms with van der Waals surface area (Å²) in [6.07, 6.45) is 2.48.